The molecule has 1 fully saturated rings. The van der Waals surface area contributed by atoms with Gasteiger partial charge in [0.2, 0.25) is 11.8 Å². The van der Waals surface area contributed by atoms with E-state index in [-0.39, 0.29) is 17.9 Å². The number of amides is 2. The summed E-state index contributed by atoms with van der Waals surface area (Å²) in [6, 6.07) is 5.32. The number of hydrogen-bond acceptors (Lipinski definition) is 4. The minimum atomic E-state index is -0.377. The van der Waals surface area contributed by atoms with E-state index in [1.165, 1.54) is 26.2 Å². The van der Waals surface area contributed by atoms with Crippen molar-refractivity contribution in [1.82, 2.24) is 4.90 Å². The minimum absolute atomic E-state index is 0.103. The highest BCUT2D eigenvalue weighted by Crippen LogP contribution is 2.29. The predicted octanol–water partition coefficient (Wildman–Crippen LogP) is 3.64. The van der Waals surface area contributed by atoms with Crippen LogP contribution in [-0.2, 0) is 9.59 Å². The highest BCUT2D eigenvalue weighted by Gasteiger charge is 2.27. The Hall–Kier alpha value is -2.24. The smallest absolute Gasteiger partial charge is 0.245 e. The highest BCUT2D eigenvalue weighted by atomic mass is 16.5. The molecule has 0 saturated heterocycles. The van der Waals surface area contributed by atoms with Crippen molar-refractivity contribution in [2.45, 2.75) is 65.0 Å². The fourth-order valence-electron chi connectivity index (χ4n) is 3.63. The van der Waals surface area contributed by atoms with E-state index in [1.54, 1.807) is 25.3 Å². The first-order valence-corrected chi connectivity index (χ1v) is 9.48. The van der Waals surface area contributed by atoms with Crippen LogP contribution in [0.4, 0.5) is 11.4 Å². The lowest BCUT2D eigenvalue weighted by molar-refractivity contribution is -0.134. The van der Waals surface area contributed by atoms with Crippen LogP contribution < -0.4 is 15.4 Å². The third kappa shape index (κ3) is 5.13. The quantitative estimate of drug-likeness (QED) is 0.778. The number of rotatable bonds is 7. The van der Waals surface area contributed by atoms with Gasteiger partial charge in [0.25, 0.3) is 0 Å². The molecule has 0 aromatic heterocycles. The highest BCUT2D eigenvalue weighted by molar-refractivity contribution is 5.90. The fourth-order valence-corrected chi connectivity index (χ4v) is 3.63. The predicted molar refractivity (Wildman–Crippen MR) is 105 cm³/mol. The van der Waals surface area contributed by atoms with Crippen molar-refractivity contribution < 1.29 is 14.3 Å². The van der Waals surface area contributed by atoms with E-state index in [9.17, 15) is 9.59 Å². The molecule has 2 amide bonds. The van der Waals surface area contributed by atoms with Crippen LogP contribution in [0.1, 0.15) is 52.9 Å². The zero-order valence-electron chi connectivity index (χ0n) is 16.3. The summed E-state index contributed by atoms with van der Waals surface area (Å²) >= 11 is 0. The maximum atomic E-state index is 13.0. The van der Waals surface area contributed by atoms with Crippen molar-refractivity contribution in [3.05, 3.63) is 18.2 Å². The third-order valence-corrected chi connectivity index (χ3v) is 4.90. The van der Waals surface area contributed by atoms with Gasteiger partial charge in [-0.25, -0.2) is 0 Å². The van der Waals surface area contributed by atoms with Crippen LogP contribution in [-0.4, -0.2) is 42.5 Å². The van der Waals surface area contributed by atoms with Crippen LogP contribution >= 0.6 is 0 Å². The second kappa shape index (κ2) is 9.46. The molecule has 0 radical (unpaired) electrons. The molecule has 1 aliphatic rings. The van der Waals surface area contributed by atoms with Crippen LogP contribution in [0, 0.1) is 0 Å². The normalized spacial score (nSPS) is 15.8. The molecule has 26 heavy (non-hydrogen) atoms. The van der Waals surface area contributed by atoms with Crippen molar-refractivity contribution in [3.8, 4) is 5.75 Å². The summed E-state index contributed by atoms with van der Waals surface area (Å²) in [4.78, 5) is 26.3. The van der Waals surface area contributed by atoms with Gasteiger partial charge in [0.05, 0.1) is 12.8 Å². The molecule has 1 aliphatic carbocycles. The monoisotopic (exact) mass is 361 g/mol. The number of nitrogens with one attached hydrogen (secondary N) is 2. The molecule has 2 rings (SSSR count). The largest absolute Gasteiger partial charge is 0.495 e. The van der Waals surface area contributed by atoms with Crippen molar-refractivity contribution in [1.29, 1.82) is 0 Å². The van der Waals surface area contributed by atoms with Crippen LogP contribution in [0.5, 0.6) is 5.75 Å². The molecular formula is C20H31N3O3. The van der Waals surface area contributed by atoms with E-state index in [1.807, 2.05) is 18.7 Å². The first-order chi connectivity index (χ1) is 12.5. The molecule has 0 bridgehead atoms. The zero-order valence-corrected chi connectivity index (χ0v) is 16.3. The number of carbonyl (C=O) groups is 2. The van der Waals surface area contributed by atoms with E-state index in [0.717, 1.165) is 19.4 Å². The standard InChI is InChI=1S/C20H31N3O3/c1-5-23(17-9-7-6-8-10-17)20(25)14(2)21-18-13-16(22-15(3)24)11-12-19(18)26-4/h11-14,17,21H,5-10H2,1-4H3,(H,22,24). The Morgan fingerprint density at radius 3 is 2.54 bits per heavy atom. The number of likely N-dealkylation sites (N-methyl/N-ethyl adjacent to an activating group) is 1. The molecule has 1 saturated carbocycles. The Labute approximate surface area is 156 Å². The van der Waals surface area contributed by atoms with E-state index in [2.05, 4.69) is 10.6 Å². The fraction of sp³-hybridized carbons (Fsp3) is 0.600. The Morgan fingerprint density at radius 2 is 1.96 bits per heavy atom. The summed E-state index contributed by atoms with van der Waals surface area (Å²) in [6.45, 7) is 6.10. The lowest BCUT2D eigenvalue weighted by Crippen LogP contribution is -2.47. The van der Waals surface area contributed by atoms with E-state index in [4.69, 9.17) is 4.74 Å². The van der Waals surface area contributed by atoms with Gasteiger partial charge in [0, 0.05) is 25.2 Å². The van der Waals surface area contributed by atoms with Gasteiger partial charge in [-0.3, -0.25) is 9.59 Å². The lowest BCUT2D eigenvalue weighted by atomic mass is 9.94. The Balaban J connectivity index is 2.12. The summed E-state index contributed by atoms with van der Waals surface area (Å²) < 4.78 is 5.39. The number of anilines is 2. The average molecular weight is 361 g/mol. The zero-order chi connectivity index (χ0) is 19.1. The molecule has 2 N–H and O–H groups in total. The van der Waals surface area contributed by atoms with E-state index in [0.29, 0.717) is 23.2 Å². The molecule has 6 nitrogen and oxygen atoms in total. The summed E-state index contributed by atoms with van der Waals surface area (Å²) in [7, 11) is 1.59. The van der Waals surface area contributed by atoms with Crippen molar-refractivity contribution in [3.63, 3.8) is 0 Å². The summed E-state index contributed by atoms with van der Waals surface area (Å²) in [5.41, 5.74) is 1.36. The average Bonchev–Trinajstić information content (AvgIpc) is 2.63. The first kappa shape index (κ1) is 20.1. The molecule has 0 spiro atoms. The molecular weight excluding hydrogens is 330 g/mol. The Kier molecular flexibility index (Phi) is 7.30. The minimum Gasteiger partial charge on any atom is -0.495 e. The Bertz CT molecular complexity index is 627. The third-order valence-electron chi connectivity index (χ3n) is 4.90. The van der Waals surface area contributed by atoms with Crippen molar-refractivity contribution in [2.24, 2.45) is 0 Å². The topological polar surface area (TPSA) is 70.7 Å². The second-order valence-electron chi connectivity index (χ2n) is 6.88. The molecule has 1 aromatic carbocycles. The number of benzene rings is 1. The maximum absolute atomic E-state index is 13.0. The number of ether oxygens (including phenoxy) is 1. The summed E-state index contributed by atoms with van der Waals surface area (Å²) in [5, 5.41) is 6.02. The molecule has 1 unspecified atom stereocenters. The number of carbonyl (C=O) groups excluding carboxylic acids is 2. The van der Waals surface area contributed by atoms with Crippen LogP contribution in [0.25, 0.3) is 0 Å². The first-order valence-electron chi connectivity index (χ1n) is 9.48. The van der Waals surface area contributed by atoms with Gasteiger partial charge < -0.3 is 20.3 Å². The number of methoxy groups -OCH3 is 1. The molecule has 1 atom stereocenters. The van der Waals surface area contributed by atoms with Crippen molar-refractivity contribution >= 4 is 23.2 Å². The SMILES string of the molecule is CCN(C(=O)C(C)Nc1cc(NC(C)=O)ccc1OC)C1CCCCC1. The summed E-state index contributed by atoms with van der Waals surface area (Å²) in [5.74, 6) is 0.602. The molecule has 1 aromatic rings. The van der Waals surface area contributed by atoms with E-state index >= 15 is 0 Å². The molecule has 144 valence electrons. The molecule has 6 heteroatoms. The van der Waals surface area contributed by atoms with Gasteiger partial charge in [0.1, 0.15) is 11.8 Å². The number of hydrogen-bond donors (Lipinski definition) is 2. The lowest BCUT2D eigenvalue weighted by Gasteiger charge is -2.35. The maximum Gasteiger partial charge on any atom is 0.245 e. The molecule has 0 heterocycles. The van der Waals surface area contributed by atoms with Crippen LogP contribution in [0.3, 0.4) is 0 Å². The van der Waals surface area contributed by atoms with Gasteiger partial charge in [-0.2, -0.15) is 0 Å². The van der Waals surface area contributed by atoms with Crippen molar-refractivity contribution in [2.75, 3.05) is 24.3 Å². The van der Waals surface area contributed by atoms with Gasteiger partial charge in [-0.05, 0) is 44.9 Å². The van der Waals surface area contributed by atoms with Gasteiger partial charge in [-0.15, -0.1) is 0 Å². The number of nitrogens with zero attached hydrogens (tertiary/aromatic N) is 1. The van der Waals surface area contributed by atoms with Crippen LogP contribution in [0.2, 0.25) is 0 Å². The second-order valence-corrected chi connectivity index (χ2v) is 6.88. The van der Waals surface area contributed by atoms with Gasteiger partial charge in [-0.1, -0.05) is 19.3 Å². The van der Waals surface area contributed by atoms with Crippen LogP contribution in [0.15, 0.2) is 18.2 Å². The van der Waals surface area contributed by atoms with E-state index < -0.39 is 0 Å². The summed E-state index contributed by atoms with van der Waals surface area (Å²) in [6.07, 6.45) is 5.84. The molecule has 0 aliphatic heterocycles. The van der Waals surface area contributed by atoms with Gasteiger partial charge in [0.15, 0.2) is 0 Å². The van der Waals surface area contributed by atoms with Gasteiger partial charge >= 0.3 is 0 Å². The Morgan fingerprint density at radius 1 is 1.27 bits per heavy atom.